The minimum absolute atomic E-state index is 0.889. The van der Waals surface area contributed by atoms with E-state index in [2.05, 4.69) is 29.2 Å². The minimum Gasteiger partial charge on any atom is -0.339 e. The smallest absolute Gasteiger partial charge is 0.171 e. The lowest BCUT2D eigenvalue weighted by Gasteiger charge is -2.00. The number of hydrogen-bond donors (Lipinski definition) is 1. The van der Waals surface area contributed by atoms with Crippen LogP contribution in [0.5, 0.6) is 0 Å². The van der Waals surface area contributed by atoms with Crippen molar-refractivity contribution < 1.29 is 0 Å². The van der Waals surface area contributed by atoms with E-state index in [0.717, 1.165) is 32.8 Å². The van der Waals surface area contributed by atoms with Crippen molar-refractivity contribution in [1.29, 1.82) is 0 Å². The molecule has 5 aromatic rings. The van der Waals surface area contributed by atoms with Crippen molar-refractivity contribution in [1.82, 2.24) is 19.6 Å². The maximum Gasteiger partial charge on any atom is 0.171 e. The molecule has 5 rings (SSSR count). The summed E-state index contributed by atoms with van der Waals surface area (Å²) in [5.74, 6) is 0. The number of aromatic nitrogens is 4. The lowest BCUT2D eigenvalue weighted by molar-refractivity contribution is 0.944. The standard InChI is InChI=1S/C19H14N4S/c1-12-17(24-13-7-3-2-4-8-13)19-20-11-15-14-9-5-6-10-16(14)21-18(15)23(19)22-12/h2-11,21H,1H3. The first-order valence-corrected chi connectivity index (χ1v) is 8.60. The molecule has 4 nitrogen and oxygen atoms in total. The van der Waals surface area contributed by atoms with E-state index < -0.39 is 0 Å². The normalized spacial score (nSPS) is 11.7. The van der Waals surface area contributed by atoms with Gasteiger partial charge in [-0.15, -0.1) is 0 Å². The molecule has 0 unspecified atom stereocenters. The van der Waals surface area contributed by atoms with Crippen molar-refractivity contribution in [2.45, 2.75) is 16.7 Å². The molecular weight excluding hydrogens is 316 g/mol. The first kappa shape index (κ1) is 13.6. The Morgan fingerprint density at radius 3 is 2.62 bits per heavy atom. The third-order valence-electron chi connectivity index (χ3n) is 4.20. The Labute approximate surface area is 142 Å². The maximum atomic E-state index is 4.73. The van der Waals surface area contributed by atoms with Crippen LogP contribution in [-0.4, -0.2) is 19.6 Å². The molecule has 2 aromatic carbocycles. The van der Waals surface area contributed by atoms with Gasteiger partial charge in [0.2, 0.25) is 0 Å². The Morgan fingerprint density at radius 2 is 1.75 bits per heavy atom. The summed E-state index contributed by atoms with van der Waals surface area (Å²) in [4.78, 5) is 10.5. The van der Waals surface area contributed by atoms with E-state index in [9.17, 15) is 0 Å². The van der Waals surface area contributed by atoms with E-state index in [-0.39, 0.29) is 0 Å². The molecule has 3 aromatic heterocycles. The first-order valence-electron chi connectivity index (χ1n) is 7.79. The number of hydrogen-bond acceptors (Lipinski definition) is 3. The van der Waals surface area contributed by atoms with Crippen LogP contribution in [0.4, 0.5) is 0 Å². The highest BCUT2D eigenvalue weighted by molar-refractivity contribution is 7.99. The molecule has 1 N–H and O–H groups in total. The molecule has 0 aliphatic rings. The number of nitrogens with zero attached hydrogens (tertiary/aromatic N) is 3. The molecule has 24 heavy (non-hydrogen) atoms. The summed E-state index contributed by atoms with van der Waals surface area (Å²) in [6.45, 7) is 2.04. The van der Waals surface area contributed by atoms with E-state index in [1.165, 1.54) is 10.3 Å². The van der Waals surface area contributed by atoms with Crippen LogP contribution in [0, 0.1) is 6.92 Å². The average molecular weight is 330 g/mol. The zero-order valence-corrected chi connectivity index (χ0v) is 13.8. The van der Waals surface area contributed by atoms with E-state index in [4.69, 9.17) is 10.1 Å². The van der Waals surface area contributed by atoms with E-state index >= 15 is 0 Å². The average Bonchev–Trinajstić information content (AvgIpc) is 3.14. The third-order valence-corrected chi connectivity index (χ3v) is 5.39. The summed E-state index contributed by atoms with van der Waals surface area (Å²) in [7, 11) is 0. The molecule has 5 heteroatoms. The van der Waals surface area contributed by atoms with Gasteiger partial charge in [-0.25, -0.2) is 4.98 Å². The van der Waals surface area contributed by atoms with Gasteiger partial charge in [0, 0.05) is 27.4 Å². The second-order valence-corrected chi connectivity index (χ2v) is 6.84. The Morgan fingerprint density at radius 1 is 0.958 bits per heavy atom. The zero-order valence-electron chi connectivity index (χ0n) is 13.0. The van der Waals surface area contributed by atoms with Gasteiger partial charge in [-0.3, -0.25) is 0 Å². The van der Waals surface area contributed by atoms with Crippen LogP contribution in [0.1, 0.15) is 5.69 Å². The SMILES string of the molecule is Cc1nn2c(ncc3c4ccccc4[nH]c32)c1Sc1ccccc1. The van der Waals surface area contributed by atoms with Crippen molar-refractivity contribution in [3.05, 3.63) is 66.5 Å². The van der Waals surface area contributed by atoms with E-state index in [1.807, 2.05) is 48.0 Å². The number of benzene rings is 2. The number of H-pyrrole nitrogens is 1. The summed E-state index contributed by atoms with van der Waals surface area (Å²) < 4.78 is 1.93. The highest BCUT2D eigenvalue weighted by atomic mass is 32.2. The molecule has 0 saturated heterocycles. The molecule has 0 aliphatic heterocycles. The van der Waals surface area contributed by atoms with Gasteiger partial charge in [0.15, 0.2) is 5.65 Å². The van der Waals surface area contributed by atoms with Crippen LogP contribution in [0.2, 0.25) is 0 Å². The largest absolute Gasteiger partial charge is 0.339 e. The van der Waals surface area contributed by atoms with Crippen molar-refractivity contribution in [3.63, 3.8) is 0 Å². The van der Waals surface area contributed by atoms with Crippen LogP contribution < -0.4 is 0 Å². The Kier molecular flexibility index (Phi) is 2.90. The highest BCUT2D eigenvalue weighted by Crippen LogP contribution is 2.34. The van der Waals surface area contributed by atoms with Crippen molar-refractivity contribution >= 4 is 39.3 Å². The maximum absolute atomic E-state index is 4.73. The molecule has 0 bridgehead atoms. The van der Waals surface area contributed by atoms with Crippen LogP contribution in [0.15, 0.2) is 70.6 Å². The Balaban J connectivity index is 1.78. The summed E-state index contributed by atoms with van der Waals surface area (Å²) in [6.07, 6.45) is 1.94. The summed E-state index contributed by atoms with van der Waals surface area (Å²) in [5.41, 5.74) is 3.97. The number of rotatable bonds is 2. The molecule has 116 valence electrons. The number of aryl methyl sites for hydroxylation is 1. The van der Waals surface area contributed by atoms with Crippen molar-refractivity contribution in [2.24, 2.45) is 0 Å². The molecule has 0 fully saturated rings. The van der Waals surface area contributed by atoms with Crippen LogP contribution in [-0.2, 0) is 0 Å². The van der Waals surface area contributed by atoms with Crippen LogP contribution in [0.3, 0.4) is 0 Å². The minimum atomic E-state index is 0.889. The Hall–Kier alpha value is -2.79. The lowest BCUT2D eigenvalue weighted by Crippen LogP contribution is -1.92. The Bertz CT molecular complexity index is 1190. The summed E-state index contributed by atoms with van der Waals surface area (Å²) in [6, 6.07) is 18.6. The van der Waals surface area contributed by atoms with Gasteiger partial charge in [-0.2, -0.15) is 9.61 Å². The van der Waals surface area contributed by atoms with Gasteiger partial charge < -0.3 is 4.98 Å². The number of aromatic amines is 1. The first-order chi connectivity index (χ1) is 11.8. The summed E-state index contributed by atoms with van der Waals surface area (Å²) >= 11 is 1.71. The van der Waals surface area contributed by atoms with E-state index in [1.54, 1.807) is 11.8 Å². The van der Waals surface area contributed by atoms with E-state index in [0.29, 0.717) is 0 Å². The van der Waals surface area contributed by atoms with Crippen LogP contribution >= 0.6 is 11.8 Å². The molecule has 0 radical (unpaired) electrons. The molecule has 3 heterocycles. The lowest BCUT2D eigenvalue weighted by atomic mass is 10.2. The second-order valence-electron chi connectivity index (χ2n) is 5.76. The molecule has 0 amide bonds. The molecule has 0 aliphatic carbocycles. The summed E-state index contributed by atoms with van der Waals surface area (Å²) in [5, 5.41) is 7.00. The highest BCUT2D eigenvalue weighted by Gasteiger charge is 2.16. The number of para-hydroxylation sites is 1. The second kappa shape index (κ2) is 5.11. The zero-order chi connectivity index (χ0) is 16.1. The van der Waals surface area contributed by atoms with Gasteiger partial charge >= 0.3 is 0 Å². The van der Waals surface area contributed by atoms with Gasteiger partial charge in [-0.1, -0.05) is 48.2 Å². The van der Waals surface area contributed by atoms with Gasteiger partial charge in [0.1, 0.15) is 5.65 Å². The number of nitrogens with one attached hydrogen (secondary N) is 1. The number of fused-ring (bicyclic) bond motifs is 5. The van der Waals surface area contributed by atoms with Crippen LogP contribution in [0.25, 0.3) is 27.6 Å². The fourth-order valence-corrected chi connectivity index (χ4v) is 4.02. The van der Waals surface area contributed by atoms with Gasteiger partial charge in [0.25, 0.3) is 0 Å². The van der Waals surface area contributed by atoms with Gasteiger partial charge in [-0.05, 0) is 25.1 Å². The molecule has 0 saturated carbocycles. The fraction of sp³-hybridized carbons (Fsp3) is 0.0526. The fourth-order valence-electron chi connectivity index (χ4n) is 3.07. The van der Waals surface area contributed by atoms with Crippen molar-refractivity contribution in [3.8, 4) is 0 Å². The predicted octanol–water partition coefficient (Wildman–Crippen LogP) is 4.82. The molecule has 0 atom stereocenters. The quantitative estimate of drug-likeness (QED) is 0.504. The molecular formula is C19H14N4S. The van der Waals surface area contributed by atoms with Crippen molar-refractivity contribution in [2.75, 3.05) is 0 Å². The molecule has 0 spiro atoms. The third kappa shape index (κ3) is 1.95. The topological polar surface area (TPSA) is 46.0 Å². The predicted molar refractivity (Wildman–Crippen MR) is 97.7 cm³/mol. The monoisotopic (exact) mass is 330 g/mol. The van der Waals surface area contributed by atoms with Gasteiger partial charge in [0.05, 0.1) is 10.6 Å².